The first-order valence-corrected chi connectivity index (χ1v) is 9.09. The molecule has 0 bridgehead atoms. The molecule has 1 N–H and O–H groups in total. The van der Waals surface area contributed by atoms with Gasteiger partial charge < -0.3 is 5.32 Å². The molecular formula is C15H16N6OS2. The van der Waals surface area contributed by atoms with Crippen LogP contribution in [-0.2, 0) is 4.79 Å². The number of rotatable bonds is 5. The van der Waals surface area contributed by atoms with E-state index in [9.17, 15) is 4.79 Å². The van der Waals surface area contributed by atoms with Crippen molar-refractivity contribution >= 4 is 34.8 Å². The standard InChI is InChI=1S/C15H16N6OS2/c1-9-6-10(2)18-14(17-9)21-12(7-11(3)20-21)19-13(22)8-24-15-16-4-5-23-15/h4-7H,8H2,1-3H3,(H,19,22). The van der Waals surface area contributed by atoms with Gasteiger partial charge in [-0.15, -0.1) is 11.3 Å². The van der Waals surface area contributed by atoms with Crippen LogP contribution in [0.25, 0.3) is 5.95 Å². The second-order valence-corrected chi connectivity index (χ2v) is 7.29. The zero-order valence-corrected chi connectivity index (χ0v) is 15.1. The smallest absolute Gasteiger partial charge is 0.252 e. The summed E-state index contributed by atoms with van der Waals surface area (Å²) in [5, 5.41) is 9.14. The SMILES string of the molecule is Cc1cc(C)nc(-n2nc(C)cc2NC(=O)CSc2nccs2)n1. The predicted molar refractivity (Wildman–Crippen MR) is 94.8 cm³/mol. The number of thioether (sulfide) groups is 1. The third kappa shape index (κ3) is 3.98. The van der Waals surface area contributed by atoms with E-state index in [1.54, 1.807) is 16.9 Å². The molecule has 24 heavy (non-hydrogen) atoms. The van der Waals surface area contributed by atoms with Crippen LogP contribution in [-0.4, -0.2) is 36.4 Å². The number of anilines is 1. The summed E-state index contributed by atoms with van der Waals surface area (Å²) >= 11 is 2.92. The molecule has 9 heteroatoms. The molecule has 0 fully saturated rings. The van der Waals surface area contributed by atoms with Crippen LogP contribution in [0, 0.1) is 20.8 Å². The van der Waals surface area contributed by atoms with Gasteiger partial charge in [0.05, 0.1) is 11.4 Å². The van der Waals surface area contributed by atoms with Crippen LogP contribution < -0.4 is 5.32 Å². The number of amides is 1. The summed E-state index contributed by atoms with van der Waals surface area (Å²) in [5.74, 6) is 1.16. The lowest BCUT2D eigenvalue weighted by molar-refractivity contribution is -0.113. The molecule has 0 radical (unpaired) electrons. The summed E-state index contributed by atoms with van der Waals surface area (Å²) in [7, 11) is 0. The van der Waals surface area contributed by atoms with Crippen molar-refractivity contribution in [3.8, 4) is 5.95 Å². The van der Waals surface area contributed by atoms with Crippen molar-refractivity contribution in [1.82, 2.24) is 24.7 Å². The van der Waals surface area contributed by atoms with Crippen LogP contribution in [0.3, 0.4) is 0 Å². The van der Waals surface area contributed by atoms with Gasteiger partial charge in [-0.25, -0.2) is 15.0 Å². The lowest BCUT2D eigenvalue weighted by Crippen LogP contribution is -2.18. The molecule has 0 aliphatic heterocycles. The second-order valence-electron chi connectivity index (χ2n) is 5.17. The Labute approximate surface area is 147 Å². The number of thiazole rings is 1. The molecule has 0 saturated carbocycles. The van der Waals surface area contributed by atoms with Crippen LogP contribution in [0.5, 0.6) is 0 Å². The van der Waals surface area contributed by atoms with E-state index in [-0.39, 0.29) is 11.7 Å². The maximum Gasteiger partial charge on any atom is 0.252 e. The molecule has 1 amide bonds. The van der Waals surface area contributed by atoms with Gasteiger partial charge in [-0.1, -0.05) is 11.8 Å². The van der Waals surface area contributed by atoms with Gasteiger partial charge >= 0.3 is 0 Å². The monoisotopic (exact) mass is 360 g/mol. The van der Waals surface area contributed by atoms with Crippen molar-refractivity contribution in [2.45, 2.75) is 25.1 Å². The molecule has 3 aromatic heterocycles. The fraction of sp³-hybridized carbons (Fsp3) is 0.267. The fourth-order valence-electron chi connectivity index (χ4n) is 2.13. The minimum Gasteiger partial charge on any atom is -0.310 e. The zero-order valence-electron chi connectivity index (χ0n) is 13.5. The Morgan fingerprint density at radius 1 is 1.21 bits per heavy atom. The number of hydrogen-bond donors (Lipinski definition) is 1. The Bertz CT molecular complexity index is 839. The van der Waals surface area contributed by atoms with Crippen molar-refractivity contribution in [2.75, 3.05) is 11.1 Å². The van der Waals surface area contributed by atoms with Gasteiger partial charge in [0.1, 0.15) is 10.2 Å². The molecule has 3 aromatic rings. The number of carbonyl (C=O) groups excluding carboxylic acids is 1. The third-order valence-electron chi connectivity index (χ3n) is 3.00. The molecule has 0 unspecified atom stereocenters. The van der Waals surface area contributed by atoms with Crippen molar-refractivity contribution in [1.29, 1.82) is 0 Å². The first kappa shape index (κ1) is 16.6. The Hall–Kier alpha value is -2.26. The van der Waals surface area contributed by atoms with Crippen molar-refractivity contribution in [3.05, 3.63) is 40.8 Å². The van der Waals surface area contributed by atoms with E-state index in [2.05, 4.69) is 25.4 Å². The quantitative estimate of drug-likeness (QED) is 0.704. The number of hydrogen-bond acceptors (Lipinski definition) is 7. The van der Waals surface area contributed by atoms with E-state index < -0.39 is 0 Å². The number of aromatic nitrogens is 5. The number of aryl methyl sites for hydroxylation is 3. The summed E-state index contributed by atoms with van der Waals surface area (Å²) < 4.78 is 2.42. The lowest BCUT2D eigenvalue weighted by Gasteiger charge is -2.08. The van der Waals surface area contributed by atoms with Crippen LogP contribution in [0.4, 0.5) is 5.82 Å². The molecule has 0 aromatic carbocycles. The zero-order chi connectivity index (χ0) is 17.1. The molecular weight excluding hydrogens is 344 g/mol. The average molecular weight is 360 g/mol. The van der Waals surface area contributed by atoms with Crippen LogP contribution in [0.2, 0.25) is 0 Å². The van der Waals surface area contributed by atoms with Crippen LogP contribution in [0.1, 0.15) is 17.1 Å². The minimum atomic E-state index is -0.124. The van der Waals surface area contributed by atoms with Gasteiger partial charge in [0.15, 0.2) is 0 Å². The Kier molecular flexibility index (Phi) is 4.91. The van der Waals surface area contributed by atoms with E-state index in [1.807, 2.05) is 32.2 Å². The van der Waals surface area contributed by atoms with Gasteiger partial charge in [-0.2, -0.15) is 9.78 Å². The summed E-state index contributed by atoms with van der Waals surface area (Å²) in [6.07, 6.45) is 1.72. The van der Waals surface area contributed by atoms with Gasteiger partial charge in [0, 0.05) is 29.0 Å². The maximum atomic E-state index is 12.2. The topological polar surface area (TPSA) is 85.6 Å². The first-order valence-electron chi connectivity index (χ1n) is 7.23. The normalized spacial score (nSPS) is 10.8. The average Bonchev–Trinajstić information content (AvgIpc) is 3.14. The van der Waals surface area contributed by atoms with E-state index in [1.165, 1.54) is 23.1 Å². The van der Waals surface area contributed by atoms with Crippen LogP contribution in [0.15, 0.2) is 28.0 Å². The Morgan fingerprint density at radius 3 is 2.62 bits per heavy atom. The molecule has 7 nitrogen and oxygen atoms in total. The summed E-state index contributed by atoms with van der Waals surface area (Å²) in [6, 6.07) is 3.69. The predicted octanol–water partition coefficient (Wildman–Crippen LogP) is 2.77. The molecule has 124 valence electrons. The highest BCUT2D eigenvalue weighted by molar-refractivity contribution is 8.01. The highest BCUT2D eigenvalue weighted by Gasteiger charge is 2.14. The molecule has 0 atom stereocenters. The molecule has 0 spiro atoms. The summed E-state index contributed by atoms with van der Waals surface area (Å²) in [6.45, 7) is 5.66. The van der Waals surface area contributed by atoms with Gasteiger partial charge in [-0.3, -0.25) is 4.79 Å². The van der Waals surface area contributed by atoms with Crippen molar-refractivity contribution < 1.29 is 4.79 Å². The number of nitrogens with one attached hydrogen (secondary N) is 1. The first-order chi connectivity index (χ1) is 11.5. The van der Waals surface area contributed by atoms with Crippen LogP contribution >= 0.6 is 23.1 Å². The second kappa shape index (κ2) is 7.10. The van der Waals surface area contributed by atoms with Gasteiger partial charge in [0.25, 0.3) is 5.95 Å². The molecule has 3 heterocycles. The molecule has 0 aliphatic carbocycles. The number of nitrogens with zero attached hydrogens (tertiary/aromatic N) is 5. The van der Waals surface area contributed by atoms with Crippen molar-refractivity contribution in [3.63, 3.8) is 0 Å². The highest BCUT2D eigenvalue weighted by atomic mass is 32.2. The summed E-state index contributed by atoms with van der Waals surface area (Å²) in [5.41, 5.74) is 2.48. The van der Waals surface area contributed by atoms with Gasteiger partial charge in [0.2, 0.25) is 5.91 Å². The lowest BCUT2D eigenvalue weighted by atomic mass is 10.4. The van der Waals surface area contributed by atoms with E-state index in [0.717, 1.165) is 21.4 Å². The van der Waals surface area contributed by atoms with E-state index in [0.29, 0.717) is 11.8 Å². The maximum absolute atomic E-state index is 12.2. The minimum absolute atomic E-state index is 0.124. The molecule has 3 rings (SSSR count). The summed E-state index contributed by atoms with van der Waals surface area (Å²) in [4.78, 5) is 25.1. The fourth-order valence-corrected chi connectivity index (χ4v) is 3.57. The molecule has 0 saturated heterocycles. The Morgan fingerprint density at radius 2 is 1.96 bits per heavy atom. The van der Waals surface area contributed by atoms with Crippen molar-refractivity contribution in [2.24, 2.45) is 0 Å². The van der Waals surface area contributed by atoms with E-state index >= 15 is 0 Å². The van der Waals surface area contributed by atoms with E-state index in [4.69, 9.17) is 0 Å². The Balaban J connectivity index is 1.77. The largest absolute Gasteiger partial charge is 0.310 e. The number of carbonyl (C=O) groups is 1. The third-order valence-corrected chi connectivity index (χ3v) is 4.96. The highest BCUT2D eigenvalue weighted by Crippen LogP contribution is 2.21. The molecule has 0 aliphatic rings. The van der Waals surface area contributed by atoms with Gasteiger partial charge in [-0.05, 0) is 26.8 Å².